The highest BCUT2D eigenvalue weighted by molar-refractivity contribution is 5.85. The predicted molar refractivity (Wildman–Crippen MR) is 88.6 cm³/mol. The van der Waals surface area contributed by atoms with E-state index in [4.69, 9.17) is 0 Å². The summed E-state index contributed by atoms with van der Waals surface area (Å²) < 4.78 is 13.5. The van der Waals surface area contributed by atoms with Crippen LogP contribution in [0.1, 0.15) is 22.7 Å². The second-order valence-electron chi connectivity index (χ2n) is 5.54. The van der Waals surface area contributed by atoms with E-state index in [1.54, 1.807) is 6.07 Å². The molecule has 1 aromatic heterocycles. The van der Waals surface area contributed by atoms with Crippen molar-refractivity contribution in [1.82, 2.24) is 15.2 Å². The van der Waals surface area contributed by atoms with Gasteiger partial charge in [-0.1, -0.05) is 6.07 Å². The van der Waals surface area contributed by atoms with Gasteiger partial charge in [0.2, 0.25) is 0 Å². The molecule has 1 aliphatic rings. The maximum absolute atomic E-state index is 13.5. The van der Waals surface area contributed by atoms with Crippen LogP contribution in [0.25, 0.3) is 0 Å². The van der Waals surface area contributed by atoms with Crippen LogP contribution < -0.4 is 5.32 Å². The van der Waals surface area contributed by atoms with Gasteiger partial charge in [0, 0.05) is 44.6 Å². The van der Waals surface area contributed by atoms with E-state index in [0.29, 0.717) is 6.04 Å². The number of pyridine rings is 1. The number of hydrogen-bond donors (Lipinski definition) is 1. The average molecular weight is 322 g/mol. The maximum atomic E-state index is 13.5. The van der Waals surface area contributed by atoms with Crippen LogP contribution in [0.3, 0.4) is 0 Å². The molecule has 1 aliphatic heterocycles. The zero-order valence-electron chi connectivity index (χ0n) is 12.6. The first-order chi connectivity index (χ1) is 10.2. The van der Waals surface area contributed by atoms with E-state index < -0.39 is 0 Å². The summed E-state index contributed by atoms with van der Waals surface area (Å²) in [6.45, 7) is 5.66. The van der Waals surface area contributed by atoms with Crippen molar-refractivity contribution in [3.8, 4) is 0 Å². The molecule has 22 heavy (non-hydrogen) atoms. The van der Waals surface area contributed by atoms with Gasteiger partial charge in [0.25, 0.3) is 0 Å². The molecule has 0 bridgehead atoms. The van der Waals surface area contributed by atoms with Crippen LogP contribution >= 0.6 is 12.4 Å². The number of aryl methyl sites for hydroxylation is 1. The van der Waals surface area contributed by atoms with Crippen molar-refractivity contribution in [2.45, 2.75) is 19.5 Å². The van der Waals surface area contributed by atoms with E-state index in [0.717, 1.165) is 37.3 Å². The molecule has 5 heteroatoms. The van der Waals surface area contributed by atoms with Gasteiger partial charge in [0.05, 0.1) is 0 Å². The fraction of sp³-hybridized carbons (Fsp3) is 0.353. The number of nitrogens with one attached hydrogen (secondary N) is 1. The van der Waals surface area contributed by atoms with Gasteiger partial charge >= 0.3 is 0 Å². The summed E-state index contributed by atoms with van der Waals surface area (Å²) in [7, 11) is 0. The van der Waals surface area contributed by atoms with Crippen LogP contribution in [0.2, 0.25) is 0 Å². The van der Waals surface area contributed by atoms with Gasteiger partial charge in [-0.15, -0.1) is 12.4 Å². The molecular formula is C17H21ClFN3. The van der Waals surface area contributed by atoms with Crippen LogP contribution in [0.4, 0.5) is 4.39 Å². The van der Waals surface area contributed by atoms with E-state index in [9.17, 15) is 4.39 Å². The van der Waals surface area contributed by atoms with E-state index in [2.05, 4.69) is 27.3 Å². The Hall–Kier alpha value is -1.49. The minimum atomic E-state index is -0.161. The lowest BCUT2D eigenvalue weighted by Crippen LogP contribution is -2.45. The molecule has 3 rings (SSSR count). The van der Waals surface area contributed by atoms with Crippen molar-refractivity contribution in [2.75, 3.05) is 19.6 Å². The van der Waals surface area contributed by atoms with E-state index in [1.165, 1.54) is 11.6 Å². The number of halogens is 2. The third-order valence-corrected chi connectivity index (χ3v) is 4.13. The Bertz CT molecular complexity index is 606. The molecule has 0 aliphatic carbocycles. The first-order valence-electron chi connectivity index (χ1n) is 7.34. The SMILES string of the molecule is Cc1ccc(F)cc1CN1CCNCC1c1ccncc1.Cl. The molecule has 0 saturated carbocycles. The third-order valence-electron chi connectivity index (χ3n) is 4.13. The second kappa shape index (κ2) is 7.68. The van der Waals surface area contributed by atoms with Crippen LogP contribution in [0.5, 0.6) is 0 Å². The molecule has 1 atom stereocenters. The molecule has 1 unspecified atom stereocenters. The van der Waals surface area contributed by atoms with Crippen molar-refractivity contribution in [3.63, 3.8) is 0 Å². The molecule has 1 aromatic carbocycles. The van der Waals surface area contributed by atoms with Gasteiger partial charge in [-0.2, -0.15) is 0 Å². The molecule has 3 nitrogen and oxygen atoms in total. The largest absolute Gasteiger partial charge is 0.314 e. The van der Waals surface area contributed by atoms with Crippen molar-refractivity contribution >= 4 is 12.4 Å². The Balaban J connectivity index is 0.00000176. The zero-order chi connectivity index (χ0) is 14.7. The highest BCUT2D eigenvalue weighted by Crippen LogP contribution is 2.24. The minimum Gasteiger partial charge on any atom is -0.314 e. The maximum Gasteiger partial charge on any atom is 0.123 e. The van der Waals surface area contributed by atoms with Crippen molar-refractivity contribution < 1.29 is 4.39 Å². The van der Waals surface area contributed by atoms with E-state index in [1.807, 2.05) is 25.4 Å². The van der Waals surface area contributed by atoms with Crippen LogP contribution in [0.15, 0.2) is 42.7 Å². The average Bonchev–Trinajstić information content (AvgIpc) is 2.52. The summed E-state index contributed by atoms with van der Waals surface area (Å²) in [6, 6.07) is 9.46. The van der Waals surface area contributed by atoms with Gasteiger partial charge in [-0.3, -0.25) is 9.88 Å². The lowest BCUT2D eigenvalue weighted by molar-refractivity contribution is 0.153. The topological polar surface area (TPSA) is 28.2 Å². The minimum absolute atomic E-state index is 0. The molecule has 2 aromatic rings. The number of nitrogens with zero attached hydrogens (tertiary/aromatic N) is 2. The Morgan fingerprint density at radius 1 is 1.27 bits per heavy atom. The Kier molecular flexibility index (Phi) is 5.89. The van der Waals surface area contributed by atoms with Gasteiger partial charge in [0.15, 0.2) is 0 Å². The molecule has 0 spiro atoms. The lowest BCUT2D eigenvalue weighted by Gasteiger charge is -2.36. The fourth-order valence-electron chi connectivity index (χ4n) is 2.88. The quantitative estimate of drug-likeness (QED) is 0.941. The van der Waals surface area contributed by atoms with Crippen LogP contribution in [0, 0.1) is 12.7 Å². The Morgan fingerprint density at radius 3 is 2.82 bits per heavy atom. The highest BCUT2D eigenvalue weighted by atomic mass is 35.5. The van der Waals surface area contributed by atoms with Crippen molar-refractivity contribution in [3.05, 3.63) is 65.2 Å². The van der Waals surface area contributed by atoms with Crippen molar-refractivity contribution in [1.29, 1.82) is 0 Å². The van der Waals surface area contributed by atoms with Gasteiger partial charge in [-0.05, 0) is 47.9 Å². The Labute approximate surface area is 137 Å². The summed E-state index contributed by atoms with van der Waals surface area (Å²) in [4.78, 5) is 6.50. The normalized spacial score (nSPS) is 18.7. The van der Waals surface area contributed by atoms with Crippen LogP contribution in [-0.4, -0.2) is 29.5 Å². The lowest BCUT2D eigenvalue weighted by atomic mass is 10.0. The number of piperazine rings is 1. The molecule has 0 amide bonds. The number of aromatic nitrogens is 1. The predicted octanol–water partition coefficient (Wildman–Crippen LogP) is 3.10. The molecule has 1 fully saturated rings. The van der Waals surface area contributed by atoms with Gasteiger partial charge in [0.1, 0.15) is 5.82 Å². The summed E-state index contributed by atoms with van der Waals surface area (Å²) in [5.74, 6) is -0.161. The summed E-state index contributed by atoms with van der Waals surface area (Å²) >= 11 is 0. The van der Waals surface area contributed by atoms with Gasteiger partial charge < -0.3 is 5.32 Å². The summed E-state index contributed by atoms with van der Waals surface area (Å²) in [5, 5.41) is 3.44. The smallest absolute Gasteiger partial charge is 0.123 e. The zero-order valence-corrected chi connectivity index (χ0v) is 13.4. The molecule has 2 heterocycles. The second-order valence-corrected chi connectivity index (χ2v) is 5.54. The molecule has 1 saturated heterocycles. The van der Waals surface area contributed by atoms with Crippen LogP contribution in [-0.2, 0) is 6.54 Å². The van der Waals surface area contributed by atoms with Gasteiger partial charge in [-0.25, -0.2) is 4.39 Å². The number of hydrogen-bond acceptors (Lipinski definition) is 3. The fourth-order valence-corrected chi connectivity index (χ4v) is 2.88. The standard InChI is InChI=1S/C17H20FN3.ClH/c1-13-2-3-16(18)10-15(13)12-21-9-8-20-11-17(21)14-4-6-19-7-5-14;/h2-7,10,17,20H,8-9,11-12H2,1H3;1H. The molecular weight excluding hydrogens is 301 g/mol. The number of benzene rings is 1. The highest BCUT2D eigenvalue weighted by Gasteiger charge is 2.24. The Morgan fingerprint density at radius 2 is 2.05 bits per heavy atom. The molecule has 118 valence electrons. The van der Waals surface area contributed by atoms with E-state index in [-0.39, 0.29) is 18.2 Å². The van der Waals surface area contributed by atoms with E-state index >= 15 is 0 Å². The summed E-state index contributed by atoms with van der Waals surface area (Å²) in [6.07, 6.45) is 3.66. The molecule has 1 N–H and O–H groups in total. The molecule has 0 radical (unpaired) electrons. The monoisotopic (exact) mass is 321 g/mol. The number of rotatable bonds is 3. The first-order valence-corrected chi connectivity index (χ1v) is 7.34. The first kappa shape index (κ1) is 16.9. The van der Waals surface area contributed by atoms with Crippen molar-refractivity contribution in [2.24, 2.45) is 0 Å². The third kappa shape index (κ3) is 3.83. The summed E-state index contributed by atoms with van der Waals surface area (Å²) in [5.41, 5.74) is 3.46.